The monoisotopic (exact) mass is 462 g/mol. The van der Waals surface area contributed by atoms with Gasteiger partial charge in [0.15, 0.2) is 0 Å². The van der Waals surface area contributed by atoms with E-state index in [1.165, 1.54) is 48.8 Å². The largest absolute Gasteiger partial charge is 0.465 e. The summed E-state index contributed by atoms with van der Waals surface area (Å²) < 4.78 is 41.3. The minimum Gasteiger partial charge on any atom is -0.465 e. The Hall–Kier alpha value is -2.78. The molecule has 31 heavy (non-hydrogen) atoms. The summed E-state index contributed by atoms with van der Waals surface area (Å²) in [7, 11) is -3.96. The highest BCUT2D eigenvalue weighted by Gasteiger charge is 2.30. The number of pyridine rings is 1. The maximum absolute atomic E-state index is 14.6. The van der Waals surface area contributed by atoms with Crippen molar-refractivity contribution in [3.8, 4) is 10.4 Å². The van der Waals surface area contributed by atoms with Crippen molar-refractivity contribution in [2.45, 2.75) is 43.0 Å². The maximum atomic E-state index is 14.6. The lowest BCUT2D eigenvalue weighted by Crippen LogP contribution is -2.44. The van der Waals surface area contributed by atoms with Gasteiger partial charge in [-0.25, -0.2) is 17.6 Å². The van der Waals surface area contributed by atoms with Crippen molar-refractivity contribution in [2.24, 2.45) is 5.41 Å². The molecule has 0 bridgehead atoms. The Bertz CT molecular complexity index is 1190. The molecule has 0 spiro atoms. The summed E-state index contributed by atoms with van der Waals surface area (Å²) in [4.78, 5) is 16.1. The van der Waals surface area contributed by atoms with E-state index in [1.807, 2.05) is 20.8 Å². The van der Waals surface area contributed by atoms with Gasteiger partial charge in [-0.15, -0.1) is 11.3 Å². The molecule has 6 nitrogen and oxygen atoms in total. The average molecular weight is 463 g/mol. The molecule has 0 fully saturated rings. The van der Waals surface area contributed by atoms with Crippen molar-refractivity contribution in [1.82, 2.24) is 10.3 Å². The topological polar surface area (TPSA) is 96.4 Å². The lowest BCUT2D eigenvalue weighted by molar-refractivity contribution is 0.174. The van der Waals surface area contributed by atoms with Crippen LogP contribution in [0, 0.1) is 11.2 Å². The summed E-state index contributed by atoms with van der Waals surface area (Å²) in [6, 6.07) is 9.99. The molecule has 1 unspecified atom stereocenters. The number of carboxylic acid groups (broad SMARTS) is 1. The minimum atomic E-state index is -3.96. The Morgan fingerprint density at radius 2 is 1.94 bits per heavy atom. The number of hydrogen-bond acceptors (Lipinski definition) is 5. The summed E-state index contributed by atoms with van der Waals surface area (Å²) in [6.45, 7) is 5.69. The fourth-order valence-electron chi connectivity index (χ4n) is 3.11. The third-order valence-corrected chi connectivity index (χ3v) is 7.93. The molecule has 164 valence electrons. The van der Waals surface area contributed by atoms with E-state index in [0.717, 1.165) is 11.3 Å². The van der Waals surface area contributed by atoms with Crippen molar-refractivity contribution < 1.29 is 22.7 Å². The van der Waals surface area contributed by atoms with Crippen LogP contribution in [-0.2, 0) is 16.3 Å². The highest BCUT2D eigenvalue weighted by atomic mass is 32.2. The molecule has 3 aromatic rings. The molecule has 2 heterocycles. The van der Waals surface area contributed by atoms with E-state index in [-0.39, 0.29) is 26.7 Å². The number of carbonyl (C=O) groups is 1. The van der Waals surface area contributed by atoms with Gasteiger partial charge in [-0.05, 0) is 29.7 Å². The van der Waals surface area contributed by atoms with Crippen LogP contribution >= 0.6 is 11.3 Å². The van der Waals surface area contributed by atoms with Crippen LogP contribution in [0.5, 0.6) is 0 Å². The Kier molecular flexibility index (Phi) is 6.47. The molecule has 0 radical (unpaired) electrons. The lowest BCUT2D eigenvalue weighted by Gasteiger charge is -2.30. The van der Waals surface area contributed by atoms with Crippen LogP contribution in [0.4, 0.5) is 9.18 Å². The molecule has 0 aliphatic carbocycles. The molecule has 0 aliphatic heterocycles. The molecule has 1 aromatic carbocycles. The smallest absolute Gasteiger partial charge is 0.404 e. The summed E-state index contributed by atoms with van der Waals surface area (Å²) in [6.07, 6.45) is 1.84. The number of thiophene rings is 1. The number of sulfone groups is 1. The van der Waals surface area contributed by atoms with Gasteiger partial charge in [-0.2, -0.15) is 0 Å². The van der Waals surface area contributed by atoms with Gasteiger partial charge >= 0.3 is 6.09 Å². The third kappa shape index (κ3) is 5.11. The summed E-state index contributed by atoms with van der Waals surface area (Å²) in [5.41, 5.74) is -0.233. The Morgan fingerprint density at radius 3 is 2.52 bits per heavy atom. The Morgan fingerprint density at radius 1 is 1.23 bits per heavy atom. The highest BCUT2D eigenvalue weighted by molar-refractivity contribution is 7.91. The number of benzene rings is 1. The van der Waals surface area contributed by atoms with Crippen LogP contribution in [0.3, 0.4) is 0 Å². The average Bonchev–Trinajstić information content (AvgIpc) is 3.12. The second-order valence-corrected chi connectivity index (χ2v) is 11.2. The zero-order valence-electron chi connectivity index (χ0n) is 17.3. The maximum Gasteiger partial charge on any atom is 0.404 e. The van der Waals surface area contributed by atoms with E-state index in [2.05, 4.69) is 10.3 Å². The molecule has 0 aliphatic rings. The number of hydrogen-bond donors (Lipinski definition) is 2. The van der Waals surface area contributed by atoms with Crippen LogP contribution in [0.2, 0.25) is 0 Å². The van der Waals surface area contributed by atoms with Gasteiger partial charge < -0.3 is 10.4 Å². The number of amides is 1. The van der Waals surface area contributed by atoms with Gasteiger partial charge in [0.05, 0.1) is 14.7 Å². The zero-order chi connectivity index (χ0) is 22.8. The van der Waals surface area contributed by atoms with E-state index in [9.17, 15) is 22.7 Å². The van der Waals surface area contributed by atoms with Gasteiger partial charge in [0.1, 0.15) is 5.82 Å². The quantitative estimate of drug-likeness (QED) is 0.537. The molecular weight excluding hydrogens is 439 g/mol. The summed E-state index contributed by atoms with van der Waals surface area (Å²) in [5.74, 6) is -0.533. The standard InChI is InChI=1S/C22H23FN2O4S2/c1-22(2,3)19(25-21(26)27)12-14-11-18(31(28,29)15-7-6-10-24-13-15)20(30-14)16-8-4-5-9-17(16)23/h4-11,13,19,25H,12H2,1-3H3,(H,26,27). The molecule has 1 atom stereocenters. The van der Waals surface area contributed by atoms with Crippen molar-refractivity contribution >= 4 is 27.3 Å². The summed E-state index contributed by atoms with van der Waals surface area (Å²) in [5, 5.41) is 11.7. The minimum absolute atomic E-state index is 0.00738. The van der Waals surface area contributed by atoms with Crippen LogP contribution in [0.25, 0.3) is 10.4 Å². The second kappa shape index (κ2) is 8.76. The first-order valence-corrected chi connectivity index (χ1v) is 11.8. The molecule has 2 N–H and O–H groups in total. The molecule has 9 heteroatoms. The number of halogens is 1. The fraction of sp³-hybridized carbons (Fsp3) is 0.273. The molecular formula is C22H23FN2O4S2. The van der Waals surface area contributed by atoms with Crippen molar-refractivity contribution in [3.63, 3.8) is 0 Å². The van der Waals surface area contributed by atoms with Gasteiger partial charge in [0, 0.05) is 35.3 Å². The van der Waals surface area contributed by atoms with Crippen LogP contribution in [0.1, 0.15) is 25.6 Å². The molecule has 1 amide bonds. The first-order valence-electron chi connectivity index (χ1n) is 9.52. The molecule has 0 saturated heterocycles. The first-order chi connectivity index (χ1) is 14.5. The van der Waals surface area contributed by atoms with Crippen LogP contribution in [0.15, 0.2) is 64.6 Å². The van der Waals surface area contributed by atoms with E-state index in [4.69, 9.17) is 0 Å². The van der Waals surface area contributed by atoms with Crippen molar-refractivity contribution in [3.05, 3.63) is 65.6 Å². The van der Waals surface area contributed by atoms with E-state index < -0.39 is 33.2 Å². The normalized spacial score (nSPS) is 13.0. The van der Waals surface area contributed by atoms with E-state index >= 15 is 0 Å². The predicted octanol–water partition coefficient (Wildman–Crippen LogP) is 5.01. The fourth-order valence-corrected chi connectivity index (χ4v) is 6.13. The molecule has 3 rings (SSSR count). The summed E-state index contributed by atoms with van der Waals surface area (Å²) >= 11 is 1.15. The zero-order valence-corrected chi connectivity index (χ0v) is 18.9. The second-order valence-electron chi connectivity index (χ2n) is 8.15. The van der Waals surface area contributed by atoms with Crippen molar-refractivity contribution in [2.75, 3.05) is 0 Å². The van der Waals surface area contributed by atoms with Gasteiger partial charge in [-0.1, -0.05) is 39.0 Å². The van der Waals surface area contributed by atoms with Crippen LogP contribution in [-0.4, -0.2) is 30.6 Å². The lowest BCUT2D eigenvalue weighted by atomic mass is 9.84. The van der Waals surface area contributed by atoms with Gasteiger partial charge in [0.25, 0.3) is 0 Å². The number of rotatable bonds is 6. The third-order valence-electron chi connectivity index (χ3n) is 4.85. The number of nitrogens with zero attached hydrogens (tertiary/aromatic N) is 1. The molecule has 0 saturated carbocycles. The first kappa shape index (κ1) is 22.9. The number of nitrogens with one attached hydrogen (secondary N) is 1. The van der Waals surface area contributed by atoms with Crippen LogP contribution < -0.4 is 5.32 Å². The van der Waals surface area contributed by atoms with Crippen molar-refractivity contribution in [1.29, 1.82) is 0 Å². The SMILES string of the molecule is CC(C)(C)C(Cc1cc(S(=O)(=O)c2cccnc2)c(-c2ccccc2F)s1)NC(=O)O. The Balaban J connectivity index is 2.15. The Labute approximate surface area is 184 Å². The predicted molar refractivity (Wildman–Crippen MR) is 118 cm³/mol. The number of aromatic nitrogens is 1. The van der Waals surface area contributed by atoms with Gasteiger partial charge in [0.2, 0.25) is 9.84 Å². The van der Waals surface area contributed by atoms with E-state index in [1.54, 1.807) is 6.07 Å². The highest BCUT2D eigenvalue weighted by Crippen LogP contribution is 2.40. The van der Waals surface area contributed by atoms with Gasteiger partial charge in [-0.3, -0.25) is 4.98 Å². The van der Waals surface area contributed by atoms with E-state index in [0.29, 0.717) is 4.88 Å². The molecule has 2 aromatic heterocycles.